The molecule has 0 unspecified atom stereocenters. The number of halogens is 1. The summed E-state index contributed by atoms with van der Waals surface area (Å²) in [6, 6.07) is 13.7. The fourth-order valence-corrected chi connectivity index (χ4v) is 2.73. The minimum absolute atomic E-state index is 0.302. The molecule has 2 aromatic rings. The first-order valence-corrected chi connectivity index (χ1v) is 7.67. The molecule has 0 aliphatic carbocycles. The first-order chi connectivity index (χ1) is 10.5. The number of anilines is 1. The third-order valence-corrected chi connectivity index (χ3v) is 3.65. The number of hydrazine groups is 1. The van der Waals surface area contributed by atoms with Gasteiger partial charge in [0.2, 0.25) is 0 Å². The van der Waals surface area contributed by atoms with E-state index in [1.165, 1.54) is 17.1 Å². The van der Waals surface area contributed by atoms with Gasteiger partial charge in [-0.25, -0.2) is 9.40 Å². The van der Waals surface area contributed by atoms with E-state index in [1.54, 1.807) is 25.2 Å². The smallest absolute Gasteiger partial charge is 0.123 e. The molecule has 22 heavy (non-hydrogen) atoms. The van der Waals surface area contributed by atoms with Crippen LogP contribution < -0.4 is 10.1 Å². The van der Waals surface area contributed by atoms with E-state index in [1.807, 2.05) is 30.3 Å². The standard InChI is InChI=1S/C16H15FN2OS2/c1-18(2)19(16(20)22-11-21)15-9-8-13(17)10-14(15)12-6-4-3-5-7-12/h3-10,20H,1-2H3/p-1. The summed E-state index contributed by atoms with van der Waals surface area (Å²) in [5.41, 5.74) is 2.04. The van der Waals surface area contributed by atoms with Gasteiger partial charge in [0.05, 0.1) is 5.69 Å². The normalized spacial score (nSPS) is 10.2. The Hall–Kier alpha value is -1.82. The van der Waals surface area contributed by atoms with Crippen LogP contribution in [0.15, 0.2) is 48.5 Å². The fourth-order valence-electron chi connectivity index (χ4n) is 2.10. The molecule has 0 aromatic heterocycles. The maximum absolute atomic E-state index is 13.7. The molecule has 0 saturated heterocycles. The van der Waals surface area contributed by atoms with Crippen molar-refractivity contribution in [2.24, 2.45) is 0 Å². The van der Waals surface area contributed by atoms with Gasteiger partial charge in [-0.15, -0.1) is 0 Å². The van der Waals surface area contributed by atoms with Gasteiger partial charge in [-0.3, -0.25) is 5.01 Å². The zero-order valence-electron chi connectivity index (χ0n) is 12.1. The van der Waals surface area contributed by atoms with Crippen LogP contribution in [0.1, 0.15) is 0 Å². The topological polar surface area (TPSA) is 29.5 Å². The summed E-state index contributed by atoms with van der Waals surface area (Å²) in [5.74, 6) is -0.359. The Kier molecular flexibility index (Phi) is 5.60. The van der Waals surface area contributed by atoms with Crippen LogP contribution in [0.2, 0.25) is 0 Å². The lowest BCUT2D eigenvalue weighted by atomic mass is 10.0. The molecule has 114 valence electrons. The average Bonchev–Trinajstić information content (AvgIpc) is 2.50. The molecule has 0 aliphatic rings. The maximum atomic E-state index is 13.7. The molecule has 0 N–H and O–H groups in total. The van der Waals surface area contributed by atoms with Crippen molar-refractivity contribution in [1.82, 2.24) is 5.01 Å². The third-order valence-electron chi connectivity index (χ3n) is 2.97. The largest absolute Gasteiger partial charge is 0.804 e. The van der Waals surface area contributed by atoms with Crippen LogP contribution in [0.4, 0.5) is 10.1 Å². The summed E-state index contributed by atoms with van der Waals surface area (Å²) in [6.07, 6.45) is 0. The molecular weight excluding hydrogens is 319 g/mol. The van der Waals surface area contributed by atoms with Crippen LogP contribution >= 0.6 is 23.2 Å². The van der Waals surface area contributed by atoms with Crippen LogP contribution in [0.25, 0.3) is 11.1 Å². The van der Waals surface area contributed by atoms with Crippen molar-refractivity contribution in [2.45, 2.75) is 0 Å². The molecule has 0 atom stereocenters. The fraction of sp³-hybridized carbons (Fsp3) is 0.125. The van der Waals surface area contributed by atoms with Crippen molar-refractivity contribution in [2.75, 3.05) is 19.1 Å². The second kappa shape index (κ2) is 7.45. The van der Waals surface area contributed by atoms with Gasteiger partial charge < -0.3 is 5.11 Å². The van der Waals surface area contributed by atoms with Crippen LogP contribution in [-0.2, 0) is 0 Å². The molecule has 2 aromatic carbocycles. The lowest BCUT2D eigenvalue weighted by Gasteiger charge is -2.36. The second-order valence-electron chi connectivity index (χ2n) is 4.64. The lowest BCUT2D eigenvalue weighted by molar-refractivity contribution is -0.214. The minimum atomic E-state index is -0.359. The van der Waals surface area contributed by atoms with E-state index >= 15 is 0 Å². The van der Waals surface area contributed by atoms with E-state index in [0.29, 0.717) is 11.3 Å². The number of hydrogen-bond donors (Lipinski definition) is 0. The quantitative estimate of drug-likeness (QED) is 0.638. The van der Waals surface area contributed by atoms with Gasteiger partial charge in [-0.1, -0.05) is 41.3 Å². The van der Waals surface area contributed by atoms with E-state index in [-0.39, 0.29) is 11.0 Å². The highest BCUT2D eigenvalue weighted by Gasteiger charge is 2.15. The van der Waals surface area contributed by atoms with E-state index in [4.69, 9.17) is 0 Å². The van der Waals surface area contributed by atoms with Crippen molar-refractivity contribution in [3.05, 3.63) is 54.3 Å². The monoisotopic (exact) mass is 333 g/mol. The molecule has 0 amide bonds. The van der Waals surface area contributed by atoms with Crippen molar-refractivity contribution in [1.29, 1.82) is 0 Å². The minimum Gasteiger partial charge on any atom is -0.804 e. The molecule has 6 heteroatoms. The molecule has 0 radical (unpaired) electrons. The summed E-state index contributed by atoms with van der Waals surface area (Å²) in [4.78, 5) is 0. The predicted octanol–water partition coefficient (Wildman–Crippen LogP) is 2.79. The Morgan fingerprint density at radius 1 is 1.18 bits per heavy atom. The molecule has 0 bridgehead atoms. The summed E-state index contributed by atoms with van der Waals surface area (Å²) >= 11 is 4.62. The Labute approximate surface area is 137 Å². The molecule has 0 aliphatic heterocycles. The molecule has 2 rings (SSSR count). The number of hydrogen-bond acceptors (Lipinski definition) is 3. The van der Waals surface area contributed by atoms with E-state index in [2.05, 4.69) is 16.5 Å². The third kappa shape index (κ3) is 3.68. The Balaban J connectivity index is 2.69. The Bertz CT molecular complexity index is 752. The first-order valence-electron chi connectivity index (χ1n) is 6.45. The second-order valence-corrected chi connectivity index (χ2v) is 5.86. The van der Waals surface area contributed by atoms with Gasteiger partial charge >= 0.3 is 0 Å². The number of nitrogens with zero attached hydrogens (tertiary/aromatic N) is 2. The highest BCUT2D eigenvalue weighted by Crippen LogP contribution is 2.32. The summed E-state index contributed by atoms with van der Waals surface area (Å²) < 4.78 is 16.0. The van der Waals surface area contributed by atoms with Crippen molar-refractivity contribution in [3.8, 4) is 11.1 Å². The molecule has 0 heterocycles. The summed E-state index contributed by atoms with van der Waals surface area (Å²) in [6.45, 7) is 0. The predicted molar refractivity (Wildman–Crippen MR) is 93.2 cm³/mol. The van der Waals surface area contributed by atoms with E-state index in [9.17, 15) is 9.50 Å². The van der Waals surface area contributed by atoms with Crippen LogP contribution in [-0.4, -0.2) is 28.6 Å². The van der Waals surface area contributed by atoms with Crippen molar-refractivity contribution in [3.63, 3.8) is 0 Å². The maximum Gasteiger partial charge on any atom is 0.123 e. The Morgan fingerprint density at radius 3 is 2.45 bits per heavy atom. The number of thiocarbonyl (C=S) groups is 1. The zero-order chi connectivity index (χ0) is 16.1. The van der Waals surface area contributed by atoms with E-state index < -0.39 is 0 Å². The van der Waals surface area contributed by atoms with E-state index in [0.717, 1.165) is 16.5 Å². The lowest BCUT2D eigenvalue weighted by Crippen LogP contribution is -2.47. The summed E-state index contributed by atoms with van der Waals surface area (Å²) in [7, 11) is 4.26. The highest BCUT2D eigenvalue weighted by atomic mass is 32.1. The zero-order valence-corrected chi connectivity index (χ0v) is 13.7. The van der Waals surface area contributed by atoms with Gasteiger partial charge in [-0.05, 0) is 36.0 Å². The van der Waals surface area contributed by atoms with Crippen molar-refractivity contribution < 1.29 is 9.50 Å². The van der Waals surface area contributed by atoms with Gasteiger partial charge in [-0.2, -0.15) is 0 Å². The van der Waals surface area contributed by atoms with Gasteiger partial charge in [0.15, 0.2) is 0 Å². The summed E-state index contributed by atoms with van der Waals surface area (Å²) in [5, 5.41) is 15.0. The average molecular weight is 333 g/mol. The molecular formula is C16H14FN2OS2-. The molecule has 0 fully saturated rings. The molecule has 0 spiro atoms. The van der Waals surface area contributed by atoms with Crippen molar-refractivity contribution >= 4 is 38.3 Å². The first kappa shape index (κ1) is 16.5. The highest BCUT2D eigenvalue weighted by molar-refractivity contribution is 8.04. The SMILES string of the molecule is CN(C)N(C([O-])=S=C=S)c1ccc(F)cc1-c1ccccc1. The molecule has 3 nitrogen and oxygen atoms in total. The van der Waals surface area contributed by atoms with Gasteiger partial charge in [0.1, 0.15) is 5.82 Å². The van der Waals surface area contributed by atoms with Gasteiger partial charge in [0.25, 0.3) is 0 Å². The van der Waals surface area contributed by atoms with Crippen LogP contribution in [0, 0.1) is 5.82 Å². The molecule has 0 saturated carbocycles. The van der Waals surface area contributed by atoms with Crippen LogP contribution in [0.5, 0.6) is 0 Å². The number of rotatable bonds is 3. The number of benzene rings is 2. The Morgan fingerprint density at radius 2 is 1.86 bits per heavy atom. The van der Waals surface area contributed by atoms with Gasteiger partial charge in [0, 0.05) is 29.1 Å². The van der Waals surface area contributed by atoms with Crippen LogP contribution in [0.3, 0.4) is 0 Å².